The average Bonchev–Trinajstić information content (AvgIpc) is 2.28. The molecule has 1 nitrogen and oxygen atoms in total. The Balaban J connectivity index is 1.90. The van der Waals surface area contributed by atoms with E-state index in [9.17, 15) is 0 Å². The van der Waals surface area contributed by atoms with Gasteiger partial charge in [-0.15, -0.1) is 11.8 Å². The lowest BCUT2D eigenvalue weighted by Gasteiger charge is -2.37. The molecule has 1 heterocycles. The average molecular weight is 276 g/mol. The number of thioether (sulfide) groups is 1. The van der Waals surface area contributed by atoms with Gasteiger partial charge in [-0.1, -0.05) is 53.5 Å². The van der Waals surface area contributed by atoms with Gasteiger partial charge in [0.15, 0.2) is 0 Å². The maximum absolute atomic E-state index is 6.26. The van der Waals surface area contributed by atoms with Crippen molar-refractivity contribution in [2.45, 2.75) is 16.6 Å². The lowest BCUT2D eigenvalue weighted by molar-refractivity contribution is 0.275. The van der Waals surface area contributed by atoms with Crippen LogP contribution in [-0.4, -0.2) is 27.5 Å². The molecule has 0 saturated carbocycles. The number of rotatable bonds is 3. The fourth-order valence-corrected chi connectivity index (χ4v) is 3.51. The molecule has 0 aliphatic carbocycles. The van der Waals surface area contributed by atoms with Crippen LogP contribution in [0, 0.1) is 0 Å². The minimum absolute atomic E-state index is 0.729. The van der Waals surface area contributed by atoms with E-state index in [0.717, 1.165) is 25.3 Å². The molecule has 4 heteroatoms. The van der Waals surface area contributed by atoms with E-state index in [-0.39, 0.29) is 0 Å². The Morgan fingerprint density at radius 1 is 1.25 bits per heavy atom. The quantitative estimate of drug-likeness (QED) is 0.611. The second kappa shape index (κ2) is 5.63. The summed E-state index contributed by atoms with van der Waals surface area (Å²) >= 11 is 14.1. The summed E-state index contributed by atoms with van der Waals surface area (Å²) in [6.45, 7) is 1.91. The smallest absolute Gasteiger partial charge is 0.219 e. The molecule has 2 rings (SSSR count). The van der Waals surface area contributed by atoms with Crippen molar-refractivity contribution in [2.75, 3.05) is 18.8 Å². The van der Waals surface area contributed by atoms with E-state index in [1.807, 2.05) is 6.07 Å². The highest BCUT2D eigenvalue weighted by atomic mass is 35.5. The van der Waals surface area contributed by atoms with Crippen LogP contribution in [0.25, 0.3) is 0 Å². The van der Waals surface area contributed by atoms with E-state index in [1.165, 1.54) is 12.0 Å². The van der Waals surface area contributed by atoms with Crippen LogP contribution in [0.5, 0.6) is 0 Å². The monoisotopic (exact) mass is 275 g/mol. The van der Waals surface area contributed by atoms with Gasteiger partial charge in [0.25, 0.3) is 0 Å². The second-order valence-electron chi connectivity index (χ2n) is 3.91. The highest BCUT2D eigenvalue weighted by molar-refractivity contribution is 8.03. The number of halogens is 2. The molecule has 0 amide bonds. The van der Waals surface area contributed by atoms with Gasteiger partial charge in [0.2, 0.25) is 3.79 Å². The van der Waals surface area contributed by atoms with Gasteiger partial charge in [0.1, 0.15) is 0 Å². The van der Waals surface area contributed by atoms with E-state index in [0.29, 0.717) is 0 Å². The highest BCUT2D eigenvalue weighted by Crippen LogP contribution is 2.41. The molecule has 0 aromatic heterocycles. The zero-order chi connectivity index (χ0) is 11.4. The van der Waals surface area contributed by atoms with Crippen molar-refractivity contribution < 1.29 is 0 Å². The molecule has 1 aliphatic heterocycles. The Labute approximate surface area is 111 Å². The fraction of sp³-hybridized carbons (Fsp3) is 0.500. The lowest BCUT2D eigenvalue weighted by atomic mass is 10.1. The third kappa shape index (κ3) is 3.30. The largest absolute Gasteiger partial charge is 0.263 e. The third-order valence-corrected chi connectivity index (χ3v) is 4.96. The van der Waals surface area contributed by atoms with Gasteiger partial charge in [-0.3, -0.25) is 4.90 Å². The minimum Gasteiger partial charge on any atom is -0.263 e. The summed E-state index contributed by atoms with van der Waals surface area (Å²) in [5.74, 6) is 1.05. The van der Waals surface area contributed by atoms with E-state index < -0.39 is 3.79 Å². The number of benzene rings is 1. The molecule has 0 radical (unpaired) electrons. The first-order valence-corrected chi connectivity index (χ1v) is 7.23. The summed E-state index contributed by atoms with van der Waals surface area (Å²) < 4.78 is -0.729. The molecule has 0 atom stereocenters. The van der Waals surface area contributed by atoms with Crippen LogP contribution in [0.3, 0.4) is 0 Å². The molecule has 16 heavy (non-hydrogen) atoms. The van der Waals surface area contributed by atoms with Gasteiger partial charge in [-0.25, -0.2) is 0 Å². The van der Waals surface area contributed by atoms with Gasteiger partial charge in [0.05, 0.1) is 0 Å². The Bertz CT molecular complexity index is 329. The topological polar surface area (TPSA) is 3.24 Å². The first-order valence-electron chi connectivity index (χ1n) is 5.49. The normalized spacial score (nSPS) is 20.9. The van der Waals surface area contributed by atoms with E-state index >= 15 is 0 Å². The molecular weight excluding hydrogens is 261 g/mol. The molecule has 1 saturated heterocycles. The van der Waals surface area contributed by atoms with Gasteiger partial charge in [-0.05, 0) is 24.2 Å². The number of hydrogen-bond donors (Lipinski definition) is 0. The number of hydrogen-bond acceptors (Lipinski definition) is 2. The Morgan fingerprint density at radius 2 is 2.00 bits per heavy atom. The van der Waals surface area contributed by atoms with Crippen molar-refractivity contribution in [3.8, 4) is 0 Å². The second-order valence-corrected chi connectivity index (χ2v) is 6.93. The predicted octanol–water partition coefficient (Wildman–Crippen LogP) is 3.76. The van der Waals surface area contributed by atoms with Crippen molar-refractivity contribution in [3.63, 3.8) is 0 Å². The Kier molecular flexibility index (Phi) is 4.42. The molecule has 0 bridgehead atoms. The molecule has 88 valence electrons. The summed E-state index contributed by atoms with van der Waals surface area (Å²) in [6, 6.07) is 10.4. The number of alkyl halides is 2. The SMILES string of the molecule is ClC1(Cl)SCCCN1CCc1ccccc1. The van der Waals surface area contributed by atoms with E-state index in [2.05, 4.69) is 29.2 Å². The standard InChI is InChI=1S/C12H15Cl2NS/c13-12(14)15(8-4-10-16-12)9-7-11-5-2-1-3-6-11/h1-3,5-6H,4,7-10H2. The predicted molar refractivity (Wildman–Crippen MR) is 73.2 cm³/mol. The van der Waals surface area contributed by atoms with Gasteiger partial charge in [0, 0.05) is 13.1 Å². The first kappa shape index (κ1) is 12.6. The van der Waals surface area contributed by atoms with Crippen LogP contribution in [0.1, 0.15) is 12.0 Å². The van der Waals surface area contributed by atoms with Crippen molar-refractivity contribution in [1.29, 1.82) is 0 Å². The Hall–Kier alpha value is 0.110. The molecule has 1 aliphatic rings. The molecule has 1 aromatic rings. The summed E-state index contributed by atoms with van der Waals surface area (Å²) in [5.41, 5.74) is 1.34. The molecule has 0 N–H and O–H groups in total. The Morgan fingerprint density at radius 3 is 2.69 bits per heavy atom. The van der Waals surface area contributed by atoms with Crippen LogP contribution in [-0.2, 0) is 6.42 Å². The first-order chi connectivity index (χ1) is 7.68. The van der Waals surface area contributed by atoms with Crippen LogP contribution >= 0.6 is 35.0 Å². The maximum atomic E-state index is 6.26. The molecule has 0 unspecified atom stereocenters. The number of nitrogens with zero attached hydrogens (tertiary/aromatic N) is 1. The summed E-state index contributed by atoms with van der Waals surface area (Å²) in [5, 5.41) is 0. The van der Waals surface area contributed by atoms with E-state index in [4.69, 9.17) is 23.2 Å². The third-order valence-electron chi connectivity index (χ3n) is 2.73. The van der Waals surface area contributed by atoms with Crippen molar-refractivity contribution in [3.05, 3.63) is 35.9 Å². The molecule has 1 aromatic carbocycles. The van der Waals surface area contributed by atoms with Crippen molar-refractivity contribution >= 4 is 35.0 Å². The summed E-state index contributed by atoms with van der Waals surface area (Å²) in [4.78, 5) is 2.15. The van der Waals surface area contributed by atoms with Crippen molar-refractivity contribution in [2.24, 2.45) is 0 Å². The highest BCUT2D eigenvalue weighted by Gasteiger charge is 2.35. The van der Waals surface area contributed by atoms with Gasteiger partial charge >= 0.3 is 0 Å². The zero-order valence-corrected chi connectivity index (χ0v) is 11.4. The molecule has 1 fully saturated rings. The maximum Gasteiger partial charge on any atom is 0.219 e. The van der Waals surface area contributed by atoms with Crippen LogP contribution in [0.4, 0.5) is 0 Å². The summed E-state index contributed by atoms with van der Waals surface area (Å²) in [6.07, 6.45) is 2.17. The van der Waals surface area contributed by atoms with Crippen LogP contribution in [0.2, 0.25) is 0 Å². The fourth-order valence-electron chi connectivity index (χ4n) is 1.82. The molecular formula is C12H15Cl2NS. The van der Waals surface area contributed by atoms with Crippen LogP contribution in [0.15, 0.2) is 30.3 Å². The van der Waals surface area contributed by atoms with Gasteiger partial charge < -0.3 is 0 Å². The summed E-state index contributed by atoms with van der Waals surface area (Å²) in [7, 11) is 0. The van der Waals surface area contributed by atoms with Crippen LogP contribution < -0.4 is 0 Å². The minimum atomic E-state index is -0.729. The molecule has 0 spiro atoms. The lowest BCUT2D eigenvalue weighted by Crippen LogP contribution is -2.42. The van der Waals surface area contributed by atoms with E-state index in [1.54, 1.807) is 11.8 Å². The zero-order valence-electron chi connectivity index (χ0n) is 9.03. The van der Waals surface area contributed by atoms with Gasteiger partial charge in [-0.2, -0.15) is 0 Å². The van der Waals surface area contributed by atoms with Crippen molar-refractivity contribution in [1.82, 2.24) is 4.90 Å².